The molecule has 1 N–H and O–H groups in total. The minimum Gasteiger partial charge on any atom is -0.309 e. The number of nitrogens with one attached hydrogen (secondary N) is 1. The van der Waals surface area contributed by atoms with Crippen molar-refractivity contribution in [2.75, 3.05) is 6.54 Å². The lowest BCUT2D eigenvalue weighted by molar-refractivity contribution is 0.567. The molecule has 78 valence electrons. The van der Waals surface area contributed by atoms with Crippen LogP contribution < -0.4 is 5.32 Å². The molecule has 1 atom stereocenters. The predicted molar refractivity (Wildman–Crippen MR) is 71.0 cm³/mol. The lowest BCUT2D eigenvalue weighted by Gasteiger charge is -2.13. The average Bonchev–Trinajstić information content (AvgIpc) is 2.47. The second-order valence-corrected chi connectivity index (χ2v) is 6.16. The van der Waals surface area contributed by atoms with E-state index < -0.39 is 0 Å². The van der Waals surface area contributed by atoms with Crippen LogP contribution in [0.5, 0.6) is 0 Å². The molecule has 1 unspecified atom stereocenters. The van der Waals surface area contributed by atoms with E-state index in [1.807, 2.05) is 6.08 Å². The maximum atomic E-state index is 3.78. The molecule has 0 aliphatic rings. The minimum absolute atomic E-state index is 0.394. The highest BCUT2D eigenvalue weighted by Gasteiger charge is 2.13. The molecule has 1 aromatic rings. The van der Waals surface area contributed by atoms with Gasteiger partial charge in [0.1, 0.15) is 0 Å². The van der Waals surface area contributed by atoms with Gasteiger partial charge in [0, 0.05) is 15.4 Å². The van der Waals surface area contributed by atoms with Gasteiger partial charge in [-0.1, -0.05) is 13.0 Å². The van der Waals surface area contributed by atoms with Crippen molar-refractivity contribution in [2.45, 2.75) is 19.4 Å². The third kappa shape index (κ3) is 3.19. The van der Waals surface area contributed by atoms with E-state index in [0.29, 0.717) is 6.04 Å². The fourth-order valence-corrected chi connectivity index (χ4v) is 3.43. The van der Waals surface area contributed by atoms with Crippen molar-refractivity contribution in [1.82, 2.24) is 5.32 Å². The summed E-state index contributed by atoms with van der Waals surface area (Å²) >= 11 is 8.76. The van der Waals surface area contributed by atoms with Crippen molar-refractivity contribution in [3.05, 3.63) is 31.9 Å². The standard InChI is InChI=1S/C10H13Br2NS/c1-3-5-8(13-4-2)9-6-7(11)10(12)14-9/h3,6,8,13H,1,4-5H2,2H3. The molecule has 1 rings (SSSR count). The van der Waals surface area contributed by atoms with E-state index in [2.05, 4.69) is 56.7 Å². The summed E-state index contributed by atoms with van der Waals surface area (Å²) < 4.78 is 2.28. The molecule has 1 heterocycles. The second kappa shape index (κ2) is 6.05. The molecule has 0 bridgehead atoms. The molecule has 0 aliphatic carbocycles. The van der Waals surface area contributed by atoms with Gasteiger partial charge in [0.2, 0.25) is 0 Å². The molecule has 0 aliphatic heterocycles. The van der Waals surface area contributed by atoms with E-state index in [1.165, 1.54) is 4.88 Å². The number of thiophene rings is 1. The van der Waals surface area contributed by atoms with Crippen LogP contribution in [0, 0.1) is 0 Å². The fourth-order valence-electron chi connectivity index (χ4n) is 1.25. The fraction of sp³-hybridized carbons (Fsp3) is 0.400. The largest absolute Gasteiger partial charge is 0.309 e. The summed E-state index contributed by atoms with van der Waals surface area (Å²) in [6.45, 7) is 6.88. The van der Waals surface area contributed by atoms with Gasteiger partial charge in [-0.15, -0.1) is 17.9 Å². The Hall–Kier alpha value is 0.360. The summed E-state index contributed by atoms with van der Waals surface area (Å²) in [5, 5.41) is 3.44. The Balaban J connectivity index is 2.81. The predicted octanol–water partition coefficient (Wildman–Crippen LogP) is 4.50. The van der Waals surface area contributed by atoms with Crippen molar-refractivity contribution in [2.24, 2.45) is 0 Å². The average molecular weight is 339 g/mol. The minimum atomic E-state index is 0.394. The van der Waals surface area contributed by atoms with Crippen LogP contribution in [-0.4, -0.2) is 6.54 Å². The van der Waals surface area contributed by atoms with Crippen LogP contribution in [0.1, 0.15) is 24.3 Å². The normalized spacial score (nSPS) is 12.8. The molecule has 4 heteroatoms. The Kier molecular flexibility index (Phi) is 5.38. The Morgan fingerprint density at radius 2 is 2.36 bits per heavy atom. The van der Waals surface area contributed by atoms with E-state index in [1.54, 1.807) is 11.3 Å². The van der Waals surface area contributed by atoms with Crippen molar-refractivity contribution >= 4 is 43.2 Å². The van der Waals surface area contributed by atoms with E-state index >= 15 is 0 Å². The molecule has 1 aromatic heterocycles. The van der Waals surface area contributed by atoms with Crippen LogP contribution >= 0.6 is 43.2 Å². The number of hydrogen-bond donors (Lipinski definition) is 1. The topological polar surface area (TPSA) is 12.0 Å². The zero-order valence-corrected chi connectivity index (χ0v) is 12.0. The van der Waals surface area contributed by atoms with Crippen molar-refractivity contribution < 1.29 is 0 Å². The molecule has 0 saturated carbocycles. The van der Waals surface area contributed by atoms with Crippen LogP contribution in [0.3, 0.4) is 0 Å². The molecule has 0 fully saturated rings. The highest BCUT2D eigenvalue weighted by molar-refractivity contribution is 9.13. The maximum Gasteiger partial charge on any atom is 0.0843 e. The van der Waals surface area contributed by atoms with Crippen LogP contribution in [0.2, 0.25) is 0 Å². The van der Waals surface area contributed by atoms with E-state index in [4.69, 9.17) is 0 Å². The Labute approximate surface area is 106 Å². The monoisotopic (exact) mass is 337 g/mol. The summed E-state index contributed by atoms with van der Waals surface area (Å²) in [4.78, 5) is 1.34. The van der Waals surface area contributed by atoms with Gasteiger partial charge in [0.15, 0.2) is 0 Å². The quantitative estimate of drug-likeness (QED) is 0.779. The first-order valence-electron chi connectivity index (χ1n) is 4.48. The van der Waals surface area contributed by atoms with Crippen molar-refractivity contribution in [3.63, 3.8) is 0 Å². The first kappa shape index (κ1) is 12.4. The molecule has 0 amide bonds. The third-order valence-electron chi connectivity index (χ3n) is 1.86. The smallest absolute Gasteiger partial charge is 0.0843 e. The first-order valence-corrected chi connectivity index (χ1v) is 6.88. The van der Waals surface area contributed by atoms with Crippen LogP contribution in [0.25, 0.3) is 0 Å². The van der Waals surface area contributed by atoms with Crippen LogP contribution in [-0.2, 0) is 0 Å². The van der Waals surface area contributed by atoms with Gasteiger partial charge >= 0.3 is 0 Å². The molecule has 0 aromatic carbocycles. The second-order valence-electron chi connectivity index (χ2n) is 2.91. The van der Waals surface area contributed by atoms with Crippen molar-refractivity contribution in [3.8, 4) is 0 Å². The summed E-state index contributed by atoms with van der Waals surface area (Å²) in [5.41, 5.74) is 0. The van der Waals surface area contributed by atoms with Crippen molar-refractivity contribution in [1.29, 1.82) is 0 Å². The van der Waals surface area contributed by atoms with Gasteiger partial charge in [-0.3, -0.25) is 0 Å². The zero-order valence-electron chi connectivity index (χ0n) is 8.02. The van der Waals surface area contributed by atoms with Gasteiger partial charge in [-0.05, 0) is 50.9 Å². The summed E-state index contributed by atoms with van der Waals surface area (Å²) in [6, 6.07) is 2.55. The number of rotatable bonds is 5. The Bertz CT molecular complexity index is 290. The summed E-state index contributed by atoms with van der Waals surface area (Å²) in [7, 11) is 0. The zero-order chi connectivity index (χ0) is 10.6. The molecule has 0 spiro atoms. The van der Waals surface area contributed by atoms with E-state index in [0.717, 1.165) is 21.2 Å². The van der Waals surface area contributed by atoms with Crippen LogP contribution in [0.4, 0.5) is 0 Å². The third-order valence-corrected chi connectivity index (χ3v) is 5.23. The van der Waals surface area contributed by atoms with Gasteiger partial charge in [-0.25, -0.2) is 0 Å². The van der Waals surface area contributed by atoms with Gasteiger partial charge < -0.3 is 5.32 Å². The van der Waals surface area contributed by atoms with Crippen LogP contribution in [0.15, 0.2) is 27.0 Å². The van der Waals surface area contributed by atoms with E-state index in [-0.39, 0.29) is 0 Å². The molecular weight excluding hydrogens is 326 g/mol. The molecule has 1 nitrogen and oxygen atoms in total. The summed E-state index contributed by atoms with van der Waals surface area (Å²) in [5.74, 6) is 0. The molecule has 0 saturated heterocycles. The highest BCUT2D eigenvalue weighted by Crippen LogP contribution is 2.36. The lowest BCUT2D eigenvalue weighted by Crippen LogP contribution is -2.19. The van der Waals surface area contributed by atoms with E-state index in [9.17, 15) is 0 Å². The number of hydrogen-bond acceptors (Lipinski definition) is 2. The Morgan fingerprint density at radius 3 is 2.79 bits per heavy atom. The Morgan fingerprint density at radius 1 is 1.64 bits per heavy atom. The lowest BCUT2D eigenvalue weighted by atomic mass is 10.1. The molecule has 0 radical (unpaired) electrons. The van der Waals surface area contributed by atoms with Gasteiger partial charge in [0.25, 0.3) is 0 Å². The molecule has 14 heavy (non-hydrogen) atoms. The molecular formula is C10H13Br2NS. The van der Waals surface area contributed by atoms with Gasteiger partial charge in [-0.2, -0.15) is 0 Å². The highest BCUT2D eigenvalue weighted by atomic mass is 79.9. The first-order chi connectivity index (χ1) is 6.69. The SMILES string of the molecule is C=CCC(NCC)c1cc(Br)c(Br)s1. The summed E-state index contributed by atoms with van der Waals surface area (Å²) in [6.07, 6.45) is 2.92. The number of halogens is 2. The maximum absolute atomic E-state index is 3.78. The van der Waals surface area contributed by atoms with Gasteiger partial charge in [0.05, 0.1) is 3.79 Å².